The van der Waals surface area contributed by atoms with Crippen LogP contribution in [0.5, 0.6) is 0 Å². The maximum atomic E-state index is 6.39. The molecular formula is C44H31NO. The molecule has 46 heavy (non-hydrogen) atoms. The van der Waals surface area contributed by atoms with Crippen LogP contribution in [-0.4, -0.2) is 0 Å². The van der Waals surface area contributed by atoms with Crippen LogP contribution >= 0.6 is 0 Å². The predicted octanol–water partition coefficient (Wildman–Crippen LogP) is 12.6. The molecule has 0 spiro atoms. The van der Waals surface area contributed by atoms with E-state index in [0.717, 1.165) is 61.6 Å². The number of nitrogens with zero attached hydrogens (tertiary/aromatic N) is 1. The lowest BCUT2D eigenvalue weighted by molar-refractivity contribution is 0.632. The molecule has 0 aliphatic heterocycles. The van der Waals surface area contributed by atoms with E-state index in [1.807, 2.05) is 18.2 Å². The Morgan fingerprint density at radius 3 is 1.61 bits per heavy atom. The van der Waals surface area contributed by atoms with Crippen LogP contribution in [0, 0.1) is 0 Å². The minimum Gasteiger partial charge on any atom is -0.456 e. The first kappa shape index (κ1) is 27.4. The third kappa shape index (κ3) is 5.38. The molecule has 0 aliphatic rings. The van der Waals surface area contributed by atoms with Crippen molar-refractivity contribution in [2.45, 2.75) is 0 Å². The molecule has 8 rings (SSSR count). The van der Waals surface area contributed by atoms with Crippen LogP contribution in [0.2, 0.25) is 0 Å². The van der Waals surface area contributed by atoms with Gasteiger partial charge in [-0.05, 0) is 88.0 Å². The zero-order valence-corrected chi connectivity index (χ0v) is 25.3. The van der Waals surface area contributed by atoms with Crippen LogP contribution in [0.25, 0.3) is 55.7 Å². The van der Waals surface area contributed by atoms with Crippen molar-refractivity contribution in [2.24, 2.45) is 0 Å². The second-order valence-corrected chi connectivity index (χ2v) is 11.4. The normalized spacial score (nSPS) is 11.0. The first-order valence-electron chi connectivity index (χ1n) is 15.6. The zero-order valence-electron chi connectivity index (χ0n) is 25.3. The van der Waals surface area contributed by atoms with Gasteiger partial charge >= 0.3 is 0 Å². The molecule has 0 N–H and O–H groups in total. The standard InChI is InChI=1S/C44H31NO/c1-4-13-32(14-5-1)35-18-12-21-40(29-35)45(38-19-8-3-9-20-38)39-26-23-33(24-27-39)36-25-28-41(34-15-6-2-7-16-34)42(30-36)44-31-37-17-10-11-22-43(37)46-44/h1-31H. The largest absolute Gasteiger partial charge is 0.456 e. The zero-order chi connectivity index (χ0) is 30.7. The van der Waals surface area contributed by atoms with E-state index in [9.17, 15) is 0 Å². The van der Waals surface area contributed by atoms with Crippen molar-refractivity contribution in [3.63, 3.8) is 0 Å². The van der Waals surface area contributed by atoms with E-state index in [2.05, 4.69) is 175 Å². The SMILES string of the molecule is c1ccc(-c2cccc(N(c3ccccc3)c3ccc(-c4ccc(-c5ccccc5)c(-c5cc6ccccc6o5)c4)cc3)c2)cc1. The van der Waals surface area contributed by atoms with E-state index in [1.54, 1.807) is 0 Å². The number of rotatable bonds is 7. The number of hydrogen-bond donors (Lipinski definition) is 0. The predicted molar refractivity (Wildman–Crippen MR) is 193 cm³/mol. The summed E-state index contributed by atoms with van der Waals surface area (Å²) in [5, 5.41) is 1.10. The van der Waals surface area contributed by atoms with Crippen molar-refractivity contribution in [3.05, 3.63) is 188 Å². The van der Waals surface area contributed by atoms with Gasteiger partial charge in [0.2, 0.25) is 0 Å². The average Bonchev–Trinajstić information content (AvgIpc) is 3.58. The smallest absolute Gasteiger partial charge is 0.136 e. The Morgan fingerprint density at radius 2 is 0.870 bits per heavy atom. The van der Waals surface area contributed by atoms with Crippen LogP contribution in [0.15, 0.2) is 192 Å². The molecule has 0 radical (unpaired) electrons. The fraction of sp³-hybridized carbons (Fsp3) is 0. The fourth-order valence-corrected chi connectivity index (χ4v) is 6.19. The molecular weight excluding hydrogens is 558 g/mol. The van der Waals surface area contributed by atoms with Gasteiger partial charge < -0.3 is 9.32 Å². The third-order valence-electron chi connectivity index (χ3n) is 8.48. The van der Waals surface area contributed by atoms with Crippen LogP contribution < -0.4 is 4.90 Å². The van der Waals surface area contributed by atoms with Crippen LogP contribution in [0.3, 0.4) is 0 Å². The maximum absolute atomic E-state index is 6.39. The highest BCUT2D eigenvalue weighted by Gasteiger charge is 2.16. The van der Waals surface area contributed by atoms with Gasteiger partial charge in [0.15, 0.2) is 0 Å². The third-order valence-corrected chi connectivity index (χ3v) is 8.48. The lowest BCUT2D eigenvalue weighted by atomic mass is 9.93. The van der Waals surface area contributed by atoms with Crippen molar-refractivity contribution >= 4 is 28.0 Å². The summed E-state index contributed by atoms with van der Waals surface area (Å²) in [6.07, 6.45) is 0. The number of para-hydroxylation sites is 2. The van der Waals surface area contributed by atoms with Crippen LogP contribution in [0.1, 0.15) is 0 Å². The van der Waals surface area contributed by atoms with E-state index >= 15 is 0 Å². The highest BCUT2D eigenvalue weighted by molar-refractivity contribution is 5.90. The number of furan rings is 1. The summed E-state index contributed by atoms with van der Waals surface area (Å²) in [5.74, 6) is 0.868. The first-order valence-corrected chi connectivity index (χ1v) is 15.6. The van der Waals surface area contributed by atoms with Gasteiger partial charge in [0.05, 0.1) is 0 Å². The molecule has 2 heteroatoms. The quantitative estimate of drug-likeness (QED) is 0.184. The second-order valence-electron chi connectivity index (χ2n) is 11.4. The molecule has 0 bridgehead atoms. The van der Waals surface area contributed by atoms with E-state index in [0.29, 0.717) is 0 Å². The summed E-state index contributed by atoms with van der Waals surface area (Å²) in [7, 11) is 0. The first-order chi connectivity index (χ1) is 22.8. The van der Waals surface area contributed by atoms with Gasteiger partial charge in [-0.1, -0.05) is 133 Å². The Kier molecular flexibility index (Phi) is 7.22. The van der Waals surface area contributed by atoms with E-state index in [1.165, 1.54) is 11.1 Å². The Morgan fingerprint density at radius 1 is 0.326 bits per heavy atom. The lowest BCUT2D eigenvalue weighted by Crippen LogP contribution is -2.09. The molecule has 2 nitrogen and oxygen atoms in total. The van der Waals surface area contributed by atoms with Gasteiger partial charge in [-0.15, -0.1) is 0 Å². The summed E-state index contributed by atoms with van der Waals surface area (Å²) in [4.78, 5) is 2.31. The van der Waals surface area contributed by atoms with Gasteiger partial charge in [-0.2, -0.15) is 0 Å². The van der Waals surface area contributed by atoms with Gasteiger partial charge in [-0.3, -0.25) is 0 Å². The summed E-state index contributed by atoms with van der Waals surface area (Å²) >= 11 is 0. The van der Waals surface area contributed by atoms with Crippen molar-refractivity contribution in [3.8, 4) is 44.7 Å². The topological polar surface area (TPSA) is 16.4 Å². The monoisotopic (exact) mass is 589 g/mol. The molecule has 7 aromatic carbocycles. The number of hydrogen-bond acceptors (Lipinski definition) is 2. The van der Waals surface area contributed by atoms with Crippen LogP contribution in [-0.2, 0) is 0 Å². The Balaban J connectivity index is 1.20. The van der Waals surface area contributed by atoms with E-state index < -0.39 is 0 Å². The average molecular weight is 590 g/mol. The molecule has 0 saturated carbocycles. The van der Waals surface area contributed by atoms with Crippen molar-refractivity contribution in [2.75, 3.05) is 4.90 Å². The molecule has 0 fully saturated rings. The summed E-state index contributed by atoms with van der Waals surface area (Å²) in [5.41, 5.74) is 12.3. The molecule has 0 aliphatic carbocycles. The molecule has 1 aromatic heterocycles. The summed E-state index contributed by atoms with van der Waals surface area (Å²) in [6.45, 7) is 0. The molecule has 0 atom stereocenters. The van der Waals surface area contributed by atoms with E-state index in [4.69, 9.17) is 4.42 Å². The van der Waals surface area contributed by atoms with Crippen molar-refractivity contribution in [1.29, 1.82) is 0 Å². The highest BCUT2D eigenvalue weighted by atomic mass is 16.3. The van der Waals surface area contributed by atoms with Gasteiger partial charge in [0.25, 0.3) is 0 Å². The fourth-order valence-electron chi connectivity index (χ4n) is 6.19. The molecule has 0 saturated heterocycles. The number of fused-ring (bicyclic) bond motifs is 1. The lowest BCUT2D eigenvalue weighted by Gasteiger charge is -2.26. The second kappa shape index (κ2) is 12.1. The summed E-state index contributed by atoms with van der Waals surface area (Å²) < 4.78 is 6.39. The number of anilines is 3. The van der Waals surface area contributed by atoms with Gasteiger partial charge in [-0.25, -0.2) is 0 Å². The minimum atomic E-state index is 0.868. The maximum Gasteiger partial charge on any atom is 0.136 e. The van der Waals surface area contributed by atoms with Crippen LogP contribution in [0.4, 0.5) is 17.1 Å². The van der Waals surface area contributed by atoms with Crippen molar-refractivity contribution < 1.29 is 4.42 Å². The summed E-state index contributed by atoms with van der Waals surface area (Å²) in [6, 6.07) is 66.2. The van der Waals surface area contributed by atoms with E-state index in [-0.39, 0.29) is 0 Å². The van der Waals surface area contributed by atoms with Gasteiger partial charge in [0, 0.05) is 28.0 Å². The van der Waals surface area contributed by atoms with Gasteiger partial charge in [0.1, 0.15) is 11.3 Å². The molecule has 8 aromatic rings. The Labute approximate surface area is 269 Å². The number of benzene rings is 7. The van der Waals surface area contributed by atoms with Crippen molar-refractivity contribution in [1.82, 2.24) is 0 Å². The molecule has 0 amide bonds. The highest BCUT2D eigenvalue weighted by Crippen LogP contribution is 2.40. The Hall–Kier alpha value is -6.12. The molecule has 218 valence electrons. The molecule has 1 heterocycles. The Bertz CT molecular complexity index is 2200. The molecule has 0 unspecified atom stereocenters. The minimum absolute atomic E-state index is 0.868.